The minimum atomic E-state index is -0.660. The fourth-order valence-corrected chi connectivity index (χ4v) is 3.01. The van der Waals surface area contributed by atoms with Crippen LogP contribution in [0.3, 0.4) is 0 Å². The van der Waals surface area contributed by atoms with Crippen molar-refractivity contribution in [3.05, 3.63) is 71.8 Å². The first-order valence-corrected chi connectivity index (χ1v) is 8.86. The number of anilines is 1. The Bertz CT molecular complexity index is 1180. The third kappa shape index (κ3) is 3.82. The van der Waals surface area contributed by atoms with E-state index >= 15 is 0 Å². The number of hydrogen-bond acceptors (Lipinski definition) is 6. The molecule has 29 heavy (non-hydrogen) atoms. The van der Waals surface area contributed by atoms with Gasteiger partial charge in [-0.05, 0) is 48.9 Å². The van der Waals surface area contributed by atoms with Crippen LogP contribution in [0, 0.1) is 18.6 Å². The monoisotopic (exact) mass is 393 g/mol. The van der Waals surface area contributed by atoms with Gasteiger partial charge in [0.1, 0.15) is 35.0 Å². The van der Waals surface area contributed by atoms with Gasteiger partial charge in [-0.15, -0.1) is 0 Å². The summed E-state index contributed by atoms with van der Waals surface area (Å²) in [7, 11) is 1.51. The molecule has 0 aliphatic rings. The van der Waals surface area contributed by atoms with E-state index in [0.717, 1.165) is 17.5 Å². The van der Waals surface area contributed by atoms with Crippen molar-refractivity contribution in [2.45, 2.75) is 13.5 Å². The normalized spacial score (nSPS) is 10.9. The van der Waals surface area contributed by atoms with Crippen molar-refractivity contribution < 1.29 is 13.5 Å². The topological polar surface area (TPSA) is 72.8 Å². The van der Waals surface area contributed by atoms with E-state index in [2.05, 4.69) is 25.5 Å². The van der Waals surface area contributed by atoms with Crippen LogP contribution in [0.25, 0.3) is 22.0 Å². The van der Waals surface area contributed by atoms with Gasteiger partial charge in [-0.25, -0.2) is 18.7 Å². The number of nitrogens with one attached hydrogen (secondary N) is 1. The van der Waals surface area contributed by atoms with Crippen molar-refractivity contribution in [3.8, 4) is 16.9 Å². The number of methoxy groups -OCH3 is 1. The SMILES string of the molecule is COc1cc(-c2ccc(F)cc2F)cc2c(NCc3ccc(C)nn3)ncnc12. The van der Waals surface area contributed by atoms with Crippen LogP contribution in [0.2, 0.25) is 0 Å². The zero-order valence-corrected chi connectivity index (χ0v) is 15.8. The second-order valence-electron chi connectivity index (χ2n) is 6.44. The predicted octanol–water partition coefficient (Wildman–Crippen LogP) is 4.29. The van der Waals surface area contributed by atoms with Crippen LogP contribution in [-0.4, -0.2) is 27.3 Å². The average molecular weight is 393 g/mol. The molecule has 4 aromatic rings. The van der Waals surface area contributed by atoms with E-state index in [1.54, 1.807) is 12.1 Å². The number of benzene rings is 2. The first kappa shape index (κ1) is 18.7. The number of rotatable bonds is 5. The Kier molecular flexibility index (Phi) is 4.99. The molecule has 8 heteroatoms. The Morgan fingerprint density at radius 2 is 1.86 bits per heavy atom. The lowest BCUT2D eigenvalue weighted by molar-refractivity contribution is 0.419. The molecular weight excluding hydrogens is 376 g/mol. The summed E-state index contributed by atoms with van der Waals surface area (Å²) in [6.07, 6.45) is 1.42. The fourth-order valence-electron chi connectivity index (χ4n) is 3.01. The second kappa shape index (κ2) is 7.75. The van der Waals surface area contributed by atoms with E-state index in [1.165, 1.54) is 25.6 Å². The molecule has 2 heterocycles. The number of halogens is 2. The van der Waals surface area contributed by atoms with Gasteiger partial charge >= 0.3 is 0 Å². The van der Waals surface area contributed by atoms with Gasteiger partial charge in [-0.2, -0.15) is 10.2 Å². The van der Waals surface area contributed by atoms with E-state index in [9.17, 15) is 8.78 Å². The van der Waals surface area contributed by atoms with E-state index in [4.69, 9.17) is 4.74 Å². The standard InChI is InChI=1S/C21H17F2N5O/c1-12-3-5-15(28-27-12)10-24-21-17-7-13(16-6-4-14(22)9-18(16)23)8-19(29-2)20(17)25-11-26-21/h3-9,11H,10H2,1-2H3,(H,24,25,26). The molecule has 6 nitrogen and oxygen atoms in total. The summed E-state index contributed by atoms with van der Waals surface area (Å²) in [6, 6.07) is 10.6. The molecule has 0 bridgehead atoms. The van der Waals surface area contributed by atoms with E-state index in [0.29, 0.717) is 34.6 Å². The van der Waals surface area contributed by atoms with Gasteiger partial charge < -0.3 is 10.1 Å². The summed E-state index contributed by atoms with van der Waals surface area (Å²) in [6.45, 7) is 2.27. The number of ether oxygens (including phenoxy) is 1. The lowest BCUT2D eigenvalue weighted by Crippen LogP contribution is -2.06. The Morgan fingerprint density at radius 3 is 2.59 bits per heavy atom. The summed E-state index contributed by atoms with van der Waals surface area (Å²) in [4.78, 5) is 8.60. The smallest absolute Gasteiger partial charge is 0.145 e. The van der Waals surface area contributed by atoms with Gasteiger partial charge in [0.2, 0.25) is 0 Å². The minimum Gasteiger partial charge on any atom is -0.494 e. The Morgan fingerprint density at radius 1 is 1.00 bits per heavy atom. The third-order valence-electron chi connectivity index (χ3n) is 4.46. The summed E-state index contributed by atoms with van der Waals surface area (Å²) in [5.41, 5.74) is 2.93. The van der Waals surface area contributed by atoms with E-state index in [1.807, 2.05) is 19.1 Å². The van der Waals surface area contributed by atoms with E-state index < -0.39 is 11.6 Å². The largest absolute Gasteiger partial charge is 0.494 e. The maximum absolute atomic E-state index is 14.3. The summed E-state index contributed by atoms with van der Waals surface area (Å²) in [5, 5.41) is 12.0. The minimum absolute atomic E-state index is 0.255. The van der Waals surface area contributed by atoms with Gasteiger partial charge in [0.25, 0.3) is 0 Å². The molecule has 2 aromatic heterocycles. The third-order valence-corrected chi connectivity index (χ3v) is 4.46. The summed E-state index contributed by atoms with van der Waals surface area (Å²) in [5.74, 6) is -0.293. The van der Waals surface area contributed by atoms with Crippen LogP contribution < -0.4 is 10.1 Å². The maximum atomic E-state index is 14.3. The molecule has 0 saturated carbocycles. The van der Waals surface area contributed by atoms with E-state index in [-0.39, 0.29) is 5.56 Å². The molecule has 2 aromatic carbocycles. The average Bonchev–Trinajstić information content (AvgIpc) is 2.72. The molecule has 0 amide bonds. The highest BCUT2D eigenvalue weighted by molar-refractivity contribution is 5.96. The molecule has 4 rings (SSSR count). The first-order chi connectivity index (χ1) is 14.0. The number of fused-ring (bicyclic) bond motifs is 1. The van der Waals surface area contributed by atoms with Gasteiger partial charge in [-0.3, -0.25) is 0 Å². The van der Waals surface area contributed by atoms with Crippen molar-refractivity contribution in [2.24, 2.45) is 0 Å². The number of aryl methyl sites for hydroxylation is 1. The highest BCUT2D eigenvalue weighted by Crippen LogP contribution is 2.35. The number of aromatic nitrogens is 4. The van der Waals surface area contributed by atoms with Crippen molar-refractivity contribution in [1.82, 2.24) is 20.2 Å². The summed E-state index contributed by atoms with van der Waals surface area (Å²) < 4.78 is 33.1. The quantitative estimate of drug-likeness (QED) is 0.545. The molecule has 0 spiro atoms. The van der Waals surface area contributed by atoms with Crippen LogP contribution in [0.15, 0.2) is 48.8 Å². The van der Waals surface area contributed by atoms with Crippen LogP contribution in [0.1, 0.15) is 11.4 Å². The zero-order valence-electron chi connectivity index (χ0n) is 15.8. The maximum Gasteiger partial charge on any atom is 0.145 e. The van der Waals surface area contributed by atoms with Gasteiger partial charge in [0, 0.05) is 17.0 Å². The van der Waals surface area contributed by atoms with Crippen molar-refractivity contribution >= 4 is 16.7 Å². The fraction of sp³-hybridized carbons (Fsp3) is 0.143. The molecule has 0 fully saturated rings. The molecule has 0 atom stereocenters. The van der Waals surface area contributed by atoms with Gasteiger partial charge in [0.05, 0.1) is 25.0 Å². The molecule has 0 saturated heterocycles. The highest BCUT2D eigenvalue weighted by atomic mass is 19.1. The molecule has 146 valence electrons. The van der Waals surface area contributed by atoms with Crippen LogP contribution in [0.4, 0.5) is 14.6 Å². The Labute approximate surface area is 165 Å². The van der Waals surface area contributed by atoms with Crippen LogP contribution in [-0.2, 0) is 6.54 Å². The van der Waals surface area contributed by atoms with Crippen LogP contribution >= 0.6 is 0 Å². The zero-order chi connectivity index (χ0) is 20.4. The predicted molar refractivity (Wildman–Crippen MR) is 106 cm³/mol. The molecular formula is C21H17F2N5O. The molecule has 0 radical (unpaired) electrons. The summed E-state index contributed by atoms with van der Waals surface area (Å²) >= 11 is 0. The highest BCUT2D eigenvalue weighted by Gasteiger charge is 2.14. The van der Waals surface area contributed by atoms with Crippen LogP contribution in [0.5, 0.6) is 5.75 Å². The Hall–Kier alpha value is -3.68. The Balaban J connectivity index is 1.78. The molecule has 0 unspecified atom stereocenters. The first-order valence-electron chi connectivity index (χ1n) is 8.86. The van der Waals surface area contributed by atoms with Gasteiger partial charge in [0.15, 0.2) is 0 Å². The molecule has 0 aliphatic carbocycles. The van der Waals surface area contributed by atoms with Crippen molar-refractivity contribution in [1.29, 1.82) is 0 Å². The number of nitrogens with zero attached hydrogens (tertiary/aromatic N) is 4. The lowest BCUT2D eigenvalue weighted by atomic mass is 10.0. The molecule has 1 N–H and O–H groups in total. The lowest BCUT2D eigenvalue weighted by Gasteiger charge is -2.13. The van der Waals surface area contributed by atoms with Gasteiger partial charge in [-0.1, -0.05) is 0 Å². The van der Waals surface area contributed by atoms with Crippen molar-refractivity contribution in [2.75, 3.05) is 12.4 Å². The second-order valence-corrected chi connectivity index (χ2v) is 6.44. The van der Waals surface area contributed by atoms with Crippen molar-refractivity contribution in [3.63, 3.8) is 0 Å². The molecule has 0 aliphatic heterocycles. The number of hydrogen-bond donors (Lipinski definition) is 1.